The van der Waals surface area contributed by atoms with Crippen molar-refractivity contribution < 1.29 is 19.4 Å². The van der Waals surface area contributed by atoms with E-state index in [1.807, 2.05) is 6.07 Å². The average Bonchev–Trinajstić information content (AvgIpc) is 3.09. The first-order chi connectivity index (χ1) is 11.0. The van der Waals surface area contributed by atoms with Crippen LogP contribution in [0.4, 0.5) is 0 Å². The fourth-order valence-electron chi connectivity index (χ4n) is 3.64. The van der Waals surface area contributed by atoms with Gasteiger partial charge in [-0.3, -0.25) is 9.59 Å². The number of nitrogens with zero attached hydrogens (tertiary/aromatic N) is 1. The van der Waals surface area contributed by atoms with E-state index in [9.17, 15) is 9.59 Å². The number of carbonyl (C=O) groups is 2. The van der Waals surface area contributed by atoms with Gasteiger partial charge in [-0.25, -0.2) is 0 Å². The molecule has 0 radical (unpaired) electrons. The number of likely N-dealkylation sites (tertiary alicyclic amines) is 1. The first-order valence-electron chi connectivity index (χ1n) is 8.15. The van der Waals surface area contributed by atoms with Crippen LogP contribution in [0.2, 0.25) is 0 Å². The minimum atomic E-state index is -0.871. The van der Waals surface area contributed by atoms with Gasteiger partial charge < -0.3 is 14.7 Å². The van der Waals surface area contributed by atoms with Gasteiger partial charge in [0.2, 0.25) is 0 Å². The Kier molecular flexibility index (Phi) is 4.73. The highest BCUT2D eigenvalue weighted by Crippen LogP contribution is 2.34. The van der Waals surface area contributed by atoms with E-state index in [-0.39, 0.29) is 24.5 Å². The van der Waals surface area contributed by atoms with E-state index in [0.717, 1.165) is 17.7 Å². The van der Waals surface area contributed by atoms with Crippen molar-refractivity contribution in [3.8, 4) is 0 Å². The van der Waals surface area contributed by atoms with Gasteiger partial charge in [-0.2, -0.15) is 0 Å². The zero-order valence-electron chi connectivity index (χ0n) is 13.6. The van der Waals surface area contributed by atoms with E-state index in [0.29, 0.717) is 18.9 Å². The normalized spacial score (nSPS) is 27.0. The molecule has 3 rings (SSSR count). The Bertz CT molecular complexity index is 612. The number of thiophene rings is 1. The van der Waals surface area contributed by atoms with Gasteiger partial charge in [0.15, 0.2) is 0 Å². The monoisotopic (exact) mass is 337 g/mol. The van der Waals surface area contributed by atoms with E-state index in [1.54, 1.807) is 23.3 Å². The van der Waals surface area contributed by atoms with Gasteiger partial charge in [-0.1, -0.05) is 6.92 Å². The molecule has 3 atom stereocenters. The molecule has 2 heterocycles. The third-order valence-electron chi connectivity index (χ3n) is 4.92. The van der Waals surface area contributed by atoms with Gasteiger partial charge in [-0.05, 0) is 43.2 Å². The highest BCUT2D eigenvalue weighted by molar-refractivity contribution is 7.14. The molecule has 0 aromatic carbocycles. The van der Waals surface area contributed by atoms with Crippen LogP contribution < -0.4 is 0 Å². The number of rotatable bonds is 4. The topological polar surface area (TPSA) is 66.8 Å². The van der Waals surface area contributed by atoms with Crippen molar-refractivity contribution in [3.63, 3.8) is 0 Å². The van der Waals surface area contributed by atoms with Crippen molar-refractivity contribution >= 4 is 23.2 Å². The number of fused-ring (bicyclic) bond motifs is 1. The van der Waals surface area contributed by atoms with Crippen LogP contribution in [0.3, 0.4) is 0 Å². The maximum absolute atomic E-state index is 12.9. The Hall–Kier alpha value is -1.40. The zero-order chi connectivity index (χ0) is 16.6. The third kappa shape index (κ3) is 3.43. The standard InChI is InChI=1S/C17H23NO4S/c1-10-3-4-14-11(5-10)6-15(23-14)17(21)18-9-13(22-2)7-12(18)8-16(19)20/h6,10,12-13H,3-5,7-9H2,1-2H3,(H,19,20). The number of methoxy groups -OCH3 is 1. The quantitative estimate of drug-likeness (QED) is 0.917. The molecule has 1 amide bonds. The van der Waals surface area contributed by atoms with E-state index >= 15 is 0 Å². The van der Waals surface area contributed by atoms with E-state index in [1.165, 1.54) is 16.9 Å². The molecule has 2 aliphatic rings. The minimum absolute atomic E-state index is 0.0201. The summed E-state index contributed by atoms with van der Waals surface area (Å²) in [5.41, 5.74) is 1.30. The van der Waals surface area contributed by atoms with Crippen molar-refractivity contribution in [2.75, 3.05) is 13.7 Å². The number of aryl methyl sites for hydroxylation is 1. The van der Waals surface area contributed by atoms with Gasteiger partial charge >= 0.3 is 5.97 Å². The molecule has 1 aliphatic carbocycles. The summed E-state index contributed by atoms with van der Waals surface area (Å²) in [7, 11) is 1.61. The second kappa shape index (κ2) is 6.61. The van der Waals surface area contributed by atoms with Gasteiger partial charge in [0.1, 0.15) is 0 Å². The SMILES string of the molecule is COC1CC(CC(=O)O)N(C(=O)c2cc3c(s2)CCC(C)C3)C1. The molecule has 1 aromatic heterocycles. The Labute approximate surface area is 140 Å². The number of hydrogen-bond donors (Lipinski definition) is 1. The molecule has 126 valence electrons. The van der Waals surface area contributed by atoms with Crippen LogP contribution in [0, 0.1) is 5.92 Å². The summed E-state index contributed by atoms with van der Waals surface area (Å²) in [4.78, 5) is 27.7. The fraction of sp³-hybridized carbons (Fsp3) is 0.647. The Balaban J connectivity index is 1.79. The van der Waals surface area contributed by atoms with Gasteiger partial charge in [-0.15, -0.1) is 11.3 Å². The molecule has 1 aromatic rings. The maximum Gasteiger partial charge on any atom is 0.305 e. The summed E-state index contributed by atoms with van der Waals surface area (Å²) < 4.78 is 5.35. The molecule has 6 heteroatoms. The van der Waals surface area contributed by atoms with Crippen molar-refractivity contribution in [3.05, 3.63) is 21.4 Å². The second-order valence-electron chi connectivity index (χ2n) is 6.71. The fourth-order valence-corrected chi connectivity index (χ4v) is 4.81. The van der Waals surface area contributed by atoms with Crippen molar-refractivity contribution in [2.24, 2.45) is 5.92 Å². The summed E-state index contributed by atoms with van der Waals surface area (Å²) in [5.74, 6) is -0.240. The molecular weight excluding hydrogens is 314 g/mol. The lowest BCUT2D eigenvalue weighted by Crippen LogP contribution is -2.36. The van der Waals surface area contributed by atoms with Crippen LogP contribution in [0.5, 0.6) is 0 Å². The summed E-state index contributed by atoms with van der Waals surface area (Å²) >= 11 is 1.58. The molecule has 1 saturated heterocycles. The molecule has 5 nitrogen and oxygen atoms in total. The summed E-state index contributed by atoms with van der Waals surface area (Å²) in [5, 5.41) is 9.09. The van der Waals surface area contributed by atoms with E-state index in [2.05, 4.69) is 6.92 Å². The van der Waals surface area contributed by atoms with E-state index in [4.69, 9.17) is 9.84 Å². The molecular formula is C17H23NO4S. The molecule has 1 N–H and O–H groups in total. The van der Waals surface area contributed by atoms with Gasteiger partial charge in [0.25, 0.3) is 5.91 Å². The van der Waals surface area contributed by atoms with Crippen molar-refractivity contribution in [2.45, 2.75) is 51.2 Å². The van der Waals surface area contributed by atoms with Crippen LogP contribution in [0.15, 0.2) is 6.07 Å². The number of carboxylic acids is 1. The molecule has 3 unspecified atom stereocenters. The number of aliphatic carboxylic acids is 1. The maximum atomic E-state index is 12.9. The van der Waals surface area contributed by atoms with Crippen molar-refractivity contribution in [1.29, 1.82) is 0 Å². The van der Waals surface area contributed by atoms with Gasteiger partial charge in [0, 0.05) is 24.6 Å². The summed E-state index contributed by atoms with van der Waals surface area (Å²) in [6, 6.07) is 1.75. The highest BCUT2D eigenvalue weighted by atomic mass is 32.1. The lowest BCUT2D eigenvalue weighted by atomic mass is 9.90. The number of amides is 1. The minimum Gasteiger partial charge on any atom is -0.481 e. The van der Waals surface area contributed by atoms with Crippen LogP contribution >= 0.6 is 11.3 Å². The number of carboxylic acid groups (broad SMARTS) is 1. The lowest BCUT2D eigenvalue weighted by Gasteiger charge is -2.22. The first kappa shape index (κ1) is 16.5. The van der Waals surface area contributed by atoms with Crippen LogP contribution in [0.1, 0.15) is 46.3 Å². The first-order valence-corrected chi connectivity index (χ1v) is 8.96. The average molecular weight is 337 g/mol. The van der Waals surface area contributed by atoms with Crippen LogP contribution in [0.25, 0.3) is 0 Å². The van der Waals surface area contributed by atoms with Crippen LogP contribution in [-0.4, -0.2) is 47.7 Å². The molecule has 1 aliphatic heterocycles. The largest absolute Gasteiger partial charge is 0.481 e. The Morgan fingerprint density at radius 1 is 1.48 bits per heavy atom. The van der Waals surface area contributed by atoms with E-state index < -0.39 is 5.97 Å². The smallest absolute Gasteiger partial charge is 0.305 e. The lowest BCUT2D eigenvalue weighted by molar-refractivity contribution is -0.137. The number of hydrogen-bond acceptors (Lipinski definition) is 4. The van der Waals surface area contributed by atoms with Gasteiger partial charge in [0.05, 0.1) is 17.4 Å². The second-order valence-corrected chi connectivity index (χ2v) is 7.85. The Morgan fingerprint density at radius 3 is 2.96 bits per heavy atom. The summed E-state index contributed by atoms with van der Waals surface area (Å²) in [6.45, 7) is 2.72. The molecule has 0 bridgehead atoms. The highest BCUT2D eigenvalue weighted by Gasteiger charge is 2.37. The van der Waals surface area contributed by atoms with Crippen molar-refractivity contribution in [1.82, 2.24) is 4.90 Å². The molecule has 0 spiro atoms. The summed E-state index contributed by atoms with van der Waals surface area (Å²) in [6.07, 6.45) is 3.77. The Morgan fingerprint density at radius 2 is 2.26 bits per heavy atom. The number of carbonyl (C=O) groups excluding carboxylic acids is 1. The molecule has 23 heavy (non-hydrogen) atoms. The number of ether oxygens (including phenoxy) is 1. The predicted molar refractivity (Wildman–Crippen MR) is 88.0 cm³/mol. The molecule has 0 saturated carbocycles. The predicted octanol–water partition coefficient (Wildman–Crippen LogP) is 2.58. The van der Waals surface area contributed by atoms with Crippen LogP contribution in [-0.2, 0) is 22.4 Å². The molecule has 1 fully saturated rings. The third-order valence-corrected chi connectivity index (χ3v) is 6.15. The zero-order valence-corrected chi connectivity index (χ0v) is 14.4.